The molecule has 0 amide bonds. The van der Waals surface area contributed by atoms with Crippen LogP contribution in [0.2, 0.25) is 5.02 Å². The van der Waals surface area contributed by atoms with Crippen molar-refractivity contribution >= 4 is 17.4 Å². The minimum atomic E-state index is -0.514. The van der Waals surface area contributed by atoms with Gasteiger partial charge in [-0.1, -0.05) is 42.8 Å². The van der Waals surface area contributed by atoms with Crippen LogP contribution >= 0.6 is 11.6 Å². The first-order chi connectivity index (χ1) is 13.1. The van der Waals surface area contributed by atoms with Crippen LogP contribution in [-0.2, 0) is 0 Å². The van der Waals surface area contributed by atoms with Gasteiger partial charge in [0, 0.05) is 11.8 Å². The zero-order valence-electron chi connectivity index (χ0n) is 14.6. The molecule has 1 aromatic heterocycles. The zero-order chi connectivity index (χ0) is 19.2. The number of pyridine rings is 1. The third-order valence-corrected chi connectivity index (χ3v) is 4.34. The van der Waals surface area contributed by atoms with Crippen molar-refractivity contribution in [2.75, 3.05) is 5.32 Å². The summed E-state index contributed by atoms with van der Waals surface area (Å²) in [6.07, 6.45) is 2.09. The smallest absolute Gasteiger partial charge is 0.181 e. The Kier molecular flexibility index (Phi) is 5.90. The van der Waals surface area contributed by atoms with Crippen molar-refractivity contribution in [3.05, 3.63) is 82.8 Å². The Morgan fingerprint density at radius 2 is 1.96 bits per heavy atom. The van der Waals surface area contributed by atoms with Gasteiger partial charge in [-0.15, -0.1) is 0 Å². The Balaban J connectivity index is 1.89. The van der Waals surface area contributed by atoms with E-state index >= 15 is 4.39 Å². The maximum Gasteiger partial charge on any atom is 0.181 e. The molecule has 4 nitrogen and oxygen atoms in total. The molecule has 0 unspecified atom stereocenters. The minimum absolute atomic E-state index is 0.00611. The molecule has 2 aromatic carbocycles. The lowest BCUT2D eigenvalue weighted by molar-refractivity contribution is 0.436. The van der Waals surface area contributed by atoms with Crippen LogP contribution in [0.1, 0.15) is 30.5 Å². The normalized spacial score (nSPS) is 11.5. The van der Waals surface area contributed by atoms with Gasteiger partial charge in [0.05, 0.1) is 16.6 Å². The molecule has 1 atom stereocenters. The van der Waals surface area contributed by atoms with Crippen LogP contribution in [-0.4, -0.2) is 4.98 Å². The molecule has 3 aromatic rings. The number of benzene rings is 2. The number of aromatic nitrogens is 1. The summed E-state index contributed by atoms with van der Waals surface area (Å²) in [5, 5.41) is 12.3. The van der Waals surface area contributed by atoms with Crippen LogP contribution < -0.4 is 10.1 Å². The third-order valence-electron chi connectivity index (χ3n) is 4.04. The fourth-order valence-corrected chi connectivity index (χ4v) is 2.82. The summed E-state index contributed by atoms with van der Waals surface area (Å²) < 4.78 is 20.8. The van der Waals surface area contributed by atoms with Crippen molar-refractivity contribution in [1.82, 2.24) is 4.98 Å². The number of ether oxygens (including phenoxy) is 1. The maximum absolute atomic E-state index is 15.2. The standard InChI is InChI=1S/C21H17ClFN3O/c1-2-18(26-19-11-8-14(12-24)13-25-19)16-9-10-17(22)21(20(16)23)27-15-6-4-3-5-7-15/h3-11,13,18H,2H2,1H3,(H,25,26)/t18-/m1/s1. The molecule has 0 radical (unpaired) electrons. The predicted octanol–water partition coefficient (Wildman–Crippen LogP) is 6.10. The molecule has 0 bridgehead atoms. The van der Waals surface area contributed by atoms with Crippen LogP contribution in [0.25, 0.3) is 0 Å². The van der Waals surface area contributed by atoms with Gasteiger partial charge >= 0.3 is 0 Å². The van der Waals surface area contributed by atoms with Gasteiger partial charge in [-0.3, -0.25) is 0 Å². The van der Waals surface area contributed by atoms with Gasteiger partial charge in [-0.05, 0) is 36.8 Å². The van der Waals surface area contributed by atoms with Gasteiger partial charge in [0.25, 0.3) is 0 Å². The Bertz CT molecular complexity index is 956. The quantitative estimate of drug-likeness (QED) is 0.560. The van der Waals surface area contributed by atoms with Crippen LogP contribution in [0.5, 0.6) is 11.5 Å². The topological polar surface area (TPSA) is 57.9 Å². The first kappa shape index (κ1) is 18.7. The first-order valence-electron chi connectivity index (χ1n) is 8.46. The number of rotatable bonds is 6. The van der Waals surface area contributed by atoms with E-state index < -0.39 is 5.82 Å². The van der Waals surface area contributed by atoms with Crippen LogP contribution in [0.15, 0.2) is 60.8 Å². The summed E-state index contributed by atoms with van der Waals surface area (Å²) in [6, 6.07) is 17.2. The first-order valence-corrected chi connectivity index (χ1v) is 8.83. The van der Waals surface area contributed by atoms with E-state index in [0.29, 0.717) is 29.1 Å². The van der Waals surface area contributed by atoms with E-state index in [4.69, 9.17) is 21.6 Å². The second-order valence-corrected chi connectivity index (χ2v) is 6.25. The van der Waals surface area contributed by atoms with Crippen LogP contribution in [0, 0.1) is 17.1 Å². The summed E-state index contributed by atoms with van der Waals surface area (Å²) in [4.78, 5) is 4.19. The second kappa shape index (κ2) is 8.52. The largest absolute Gasteiger partial charge is 0.453 e. The Labute approximate surface area is 162 Å². The molecule has 1 N–H and O–H groups in total. The average molecular weight is 382 g/mol. The highest BCUT2D eigenvalue weighted by Crippen LogP contribution is 2.37. The molecule has 0 fully saturated rings. The van der Waals surface area contributed by atoms with Crippen molar-refractivity contribution in [3.8, 4) is 17.6 Å². The molecule has 0 saturated heterocycles. The summed E-state index contributed by atoms with van der Waals surface area (Å²) in [6.45, 7) is 1.94. The van der Waals surface area contributed by atoms with E-state index in [-0.39, 0.29) is 16.8 Å². The summed E-state index contributed by atoms with van der Waals surface area (Å²) in [5.74, 6) is 0.540. The number of para-hydroxylation sites is 1. The molecule has 136 valence electrons. The fraction of sp³-hybridized carbons (Fsp3) is 0.143. The van der Waals surface area contributed by atoms with Crippen LogP contribution in [0.3, 0.4) is 0 Å². The molecule has 27 heavy (non-hydrogen) atoms. The number of nitriles is 1. The lowest BCUT2D eigenvalue weighted by Crippen LogP contribution is -2.13. The Morgan fingerprint density at radius 1 is 1.19 bits per heavy atom. The minimum Gasteiger partial charge on any atom is -0.453 e. The Morgan fingerprint density at radius 3 is 2.59 bits per heavy atom. The van der Waals surface area contributed by atoms with E-state index in [1.807, 2.05) is 19.1 Å². The zero-order valence-corrected chi connectivity index (χ0v) is 15.4. The molecule has 0 aliphatic carbocycles. The molecule has 0 saturated carbocycles. The van der Waals surface area contributed by atoms with Gasteiger partial charge in [0.1, 0.15) is 17.6 Å². The van der Waals surface area contributed by atoms with E-state index in [2.05, 4.69) is 10.3 Å². The van der Waals surface area contributed by atoms with E-state index in [1.165, 1.54) is 6.20 Å². The van der Waals surface area contributed by atoms with E-state index in [0.717, 1.165) is 0 Å². The second-order valence-electron chi connectivity index (χ2n) is 5.84. The SMILES string of the molecule is CC[C@@H](Nc1ccc(C#N)cn1)c1ccc(Cl)c(Oc2ccccc2)c1F. The number of nitrogens with one attached hydrogen (secondary N) is 1. The van der Waals surface area contributed by atoms with E-state index in [1.54, 1.807) is 48.5 Å². The number of hydrogen-bond donors (Lipinski definition) is 1. The van der Waals surface area contributed by atoms with Crippen molar-refractivity contribution in [3.63, 3.8) is 0 Å². The number of halogens is 2. The van der Waals surface area contributed by atoms with Gasteiger partial charge < -0.3 is 10.1 Å². The van der Waals surface area contributed by atoms with Crippen molar-refractivity contribution < 1.29 is 9.13 Å². The number of hydrogen-bond acceptors (Lipinski definition) is 4. The van der Waals surface area contributed by atoms with Crippen molar-refractivity contribution in [2.45, 2.75) is 19.4 Å². The van der Waals surface area contributed by atoms with Crippen molar-refractivity contribution in [2.24, 2.45) is 0 Å². The Hall–Kier alpha value is -3.10. The molecule has 0 spiro atoms. The number of nitrogens with zero attached hydrogens (tertiary/aromatic N) is 2. The lowest BCUT2D eigenvalue weighted by Gasteiger charge is -2.20. The number of anilines is 1. The molecule has 3 rings (SSSR count). The van der Waals surface area contributed by atoms with E-state index in [9.17, 15) is 0 Å². The van der Waals surface area contributed by atoms with Gasteiger partial charge in [-0.25, -0.2) is 9.37 Å². The average Bonchev–Trinajstić information content (AvgIpc) is 2.71. The molecule has 1 heterocycles. The predicted molar refractivity (Wildman–Crippen MR) is 104 cm³/mol. The highest BCUT2D eigenvalue weighted by Gasteiger charge is 2.21. The molecular formula is C21H17ClFN3O. The van der Waals surface area contributed by atoms with Crippen LogP contribution in [0.4, 0.5) is 10.2 Å². The summed E-state index contributed by atoms with van der Waals surface area (Å²) >= 11 is 6.16. The fourth-order valence-electron chi connectivity index (χ4n) is 2.64. The summed E-state index contributed by atoms with van der Waals surface area (Å²) in [7, 11) is 0. The van der Waals surface area contributed by atoms with Gasteiger partial charge in [0.15, 0.2) is 11.6 Å². The third kappa shape index (κ3) is 4.36. The van der Waals surface area contributed by atoms with Gasteiger partial charge in [0.2, 0.25) is 0 Å². The molecular weight excluding hydrogens is 365 g/mol. The molecule has 6 heteroatoms. The highest BCUT2D eigenvalue weighted by molar-refractivity contribution is 6.32. The highest BCUT2D eigenvalue weighted by atomic mass is 35.5. The molecule has 0 aliphatic rings. The monoisotopic (exact) mass is 381 g/mol. The summed E-state index contributed by atoms with van der Waals surface area (Å²) in [5.41, 5.74) is 0.892. The lowest BCUT2D eigenvalue weighted by atomic mass is 10.0. The van der Waals surface area contributed by atoms with Crippen molar-refractivity contribution in [1.29, 1.82) is 5.26 Å². The molecule has 0 aliphatic heterocycles. The maximum atomic E-state index is 15.2. The van der Waals surface area contributed by atoms with Gasteiger partial charge in [-0.2, -0.15) is 5.26 Å².